The molecule has 0 spiro atoms. The molecule has 1 aromatic heterocycles. The van der Waals surface area contributed by atoms with E-state index in [0.717, 1.165) is 6.07 Å². The summed E-state index contributed by atoms with van der Waals surface area (Å²) in [5, 5.41) is 0. The second kappa shape index (κ2) is 4.08. The average molecular weight is 205 g/mol. The summed E-state index contributed by atoms with van der Waals surface area (Å²) in [7, 11) is 1.18. The van der Waals surface area contributed by atoms with Gasteiger partial charge in [-0.15, -0.1) is 0 Å². The van der Waals surface area contributed by atoms with Crippen LogP contribution in [-0.4, -0.2) is 18.4 Å². The monoisotopic (exact) mass is 205 g/mol. The van der Waals surface area contributed by atoms with Gasteiger partial charge in [-0.1, -0.05) is 0 Å². The van der Waals surface area contributed by atoms with Crippen LogP contribution in [0.25, 0.3) is 0 Å². The van der Waals surface area contributed by atoms with Crippen LogP contribution in [0.2, 0.25) is 0 Å². The van der Waals surface area contributed by atoms with E-state index in [9.17, 15) is 18.0 Å². The number of aromatic nitrogens is 1. The largest absolute Gasteiger partial charge is 0.481 e. The highest BCUT2D eigenvalue weighted by Gasteiger charge is 2.19. The number of halogens is 3. The highest BCUT2D eigenvalue weighted by Crippen LogP contribution is 2.26. The predicted octanol–water partition coefficient (Wildman–Crippen LogP) is 1.98. The fourth-order valence-corrected chi connectivity index (χ4v) is 0.886. The Kier molecular flexibility index (Phi) is 3.06. The molecule has 0 fully saturated rings. The van der Waals surface area contributed by atoms with E-state index in [0.29, 0.717) is 0 Å². The third-order valence-corrected chi connectivity index (χ3v) is 1.54. The highest BCUT2D eigenvalue weighted by molar-refractivity contribution is 5.73. The Balaban J connectivity index is 3.34. The minimum absolute atomic E-state index is 0.0593. The van der Waals surface area contributed by atoms with Gasteiger partial charge in [0.15, 0.2) is 12.1 Å². The Morgan fingerprint density at radius 2 is 2.21 bits per heavy atom. The number of alkyl halides is 2. The molecule has 0 bridgehead atoms. The molecule has 3 nitrogen and oxygen atoms in total. The molecule has 0 aromatic carbocycles. The van der Waals surface area contributed by atoms with Crippen molar-refractivity contribution in [2.75, 3.05) is 7.11 Å². The first-order valence-electron chi connectivity index (χ1n) is 3.58. The summed E-state index contributed by atoms with van der Waals surface area (Å²) < 4.78 is 42.0. The van der Waals surface area contributed by atoms with Crippen molar-refractivity contribution < 1.29 is 22.7 Å². The normalized spacial score (nSPS) is 10.4. The van der Waals surface area contributed by atoms with Crippen molar-refractivity contribution in [3.8, 4) is 5.88 Å². The molecule has 1 aromatic rings. The third-order valence-electron chi connectivity index (χ3n) is 1.54. The van der Waals surface area contributed by atoms with E-state index < -0.39 is 23.5 Å². The predicted molar refractivity (Wildman–Crippen MR) is 41.1 cm³/mol. The lowest BCUT2D eigenvalue weighted by atomic mass is 10.2. The number of carbonyl (C=O) groups excluding carboxylic acids is 1. The topological polar surface area (TPSA) is 39.2 Å². The zero-order valence-corrected chi connectivity index (χ0v) is 7.13. The van der Waals surface area contributed by atoms with Gasteiger partial charge >= 0.3 is 0 Å². The molecular weight excluding hydrogens is 199 g/mol. The van der Waals surface area contributed by atoms with E-state index in [2.05, 4.69) is 9.72 Å². The van der Waals surface area contributed by atoms with E-state index >= 15 is 0 Å². The second-order valence-corrected chi connectivity index (χ2v) is 2.37. The van der Waals surface area contributed by atoms with Gasteiger partial charge in [-0.25, -0.2) is 18.2 Å². The van der Waals surface area contributed by atoms with E-state index in [1.165, 1.54) is 7.11 Å². The summed E-state index contributed by atoms with van der Waals surface area (Å²) in [6.07, 6.45) is -2.95. The first kappa shape index (κ1) is 10.5. The van der Waals surface area contributed by atoms with Gasteiger partial charge in [0.05, 0.1) is 12.7 Å². The van der Waals surface area contributed by atoms with Gasteiger partial charge < -0.3 is 4.74 Å². The van der Waals surface area contributed by atoms with Crippen molar-refractivity contribution in [2.24, 2.45) is 0 Å². The Hall–Kier alpha value is -1.59. The zero-order valence-electron chi connectivity index (χ0n) is 7.13. The number of rotatable bonds is 3. The number of carbonyl (C=O) groups is 1. The lowest BCUT2D eigenvalue weighted by Gasteiger charge is -2.05. The van der Waals surface area contributed by atoms with Crippen LogP contribution in [0, 0.1) is 5.82 Å². The van der Waals surface area contributed by atoms with Crippen molar-refractivity contribution >= 4 is 6.29 Å². The molecular formula is C8H6F3NO2. The number of hydrogen-bond acceptors (Lipinski definition) is 3. The van der Waals surface area contributed by atoms with Crippen molar-refractivity contribution in [1.29, 1.82) is 0 Å². The van der Waals surface area contributed by atoms with E-state index in [1.807, 2.05) is 0 Å². The molecule has 6 heteroatoms. The van der Waals surface area contributed by atoms with Gasteiger partial charge in [0.1, 0.15) is 5.69 Å². The van der Waals surface area contributed by atoms with Crippen molar-refractivity contribution in [3.05, 3.63) is 23.1 Å². The molecule has 0 atom stereocenters. The van der Waals surface area contributed by atoms with Crippen LogP contribution in [0.1, 0.15) is 22.5 Å². The van der Waals surface area contributed by atoms with Crippen LogP contribution in [0.15, 0.2) is 6.07 Å². The highest BCUT2D eigenvalue weighted by atomic mass is 19.3. The number of methoxy groups -OCH3 is 1. The lowest BCUT2D eigenvalue weighted by Crippen LogP contribution is -2.02. The third kappa shape index (κ3) is 1.84. The van der Waals surface area contributed by atoms with Crippen LogP contribution in [0.5, 0.6) is 5.88 Å². The van der Waals surface area contributed by atoms with Crippen molar-refractivity contribution in [2.45, 2.75) is 6.43 Å². The van der Waals surface area contributed by atoms with Crippen LogP contribution in [0.4, 0.5) is 13.2 Å². The smallest absolute Gasteiger partial charge is 0.266 e. The number of hydrogen-bond donors (Lipinski definition) is 0. The molecule has 0 radical (unpaired) electrons. The molecule has 1 rings (SSSR count). The molecule has 0 saturated heterocycles. The number of ether oxygens (including phenoxy) is 1. The summed E-state index contributed by atoms with van der Waals surface area (Å²) in [6, 6.07) is 0.757. The minimum atomic E-state index is -3.01. The molecule has 76 valence electrons. The summed E-state index contributed by atoms with van der Waals surface area (Å²) in [4.78, 5) is 13.6. The Morgan fingerprint density at radius 1 is 1.57 bits per heavy atom. The van der Waals surface area contributed by atoms with Crippen molar-refractivity contribution in [1.82, 2.24) is 4.98 Å². The molecule has 0 N–H and O–H groups in total. The fourth-order valence-electron chi connectivity index (χ4n) is 0.886. The van der Waals surface area contributed by atoms with Gasteiger partial charge in [-0.05, 0) is 0 Å². The summed E-state index contributed by atoms with van der Waals surface area (Å²) in [5.74, 6) is -1.53. The Morgan fingerprint density at radius 3 is 2.64 bits per heavy atom. The van der Waals surface area contributed by atoms with Crippen LogP contribution in [-0.2, 0) is 0 Å². The Bertz CT molecular complexity index is 355. The average Bonchev–Trinajstić information content (AvgIpc) is 2.17. The zero-order chi connectivity index (χ0) is 10.7. The maximum absolute atomic E-state index is 13.0. The van der Waals surface area contributed by atoms with Gasteiger partial charge in [-0.3, -0.25) is 4.79 Å². The van der Waals surface area contributed by atoms with Gasteiger partial charge in [0.25, 0.3) is 6.43 Å². The fraction of sp³-hybridized carbons (Fsp3) is 0.250. The van der Waals surface area contributed by atoms with Gasteiger partial charge in [0.2, 0.25) is 5.88 Å². The number of aldehydes is 1. The number of nitrogens with zero attached hydrogens (tertiary/aromatic N) is 1. The SMILES string of the molecule is COc1cc(C(F)F)c(F)c(C=O)n1. The molecule has 0 aliphatic rings. The molecule has 0 aliphatic carbocycles. The number of pyridine rings is 1. The van der Waals surface area contributed by atoms with E-state index in [1.54, 1.807) is 0 Å². The molecule has 0 unspecified atom stereocenters. The van der Waals surface area contributed by atoms with Crippen molar-refractivity contribution in [3.63, 3.8) is 0 Å². The minimum Gasteiger partial charge on any atom is -0.481 e. The second-order valence-electron chi connectivity index (χ2n) is 2.37. The van der Waals surface area contributed by atoms with Crippen LogP contribution < -0.4 is 4.74 Å². The molecule has 0 saturated carbocycles. The summed E-state index contributed by atoms with van der Waals surface area (Å²) in [6.45, 7) is 0. The first-order chi connectivity index (χ1) is 6.60. The van der Waals surface area contributed by atoms with E-state index in [-0.39, 0.29) is 12.2 Å². The Labute approximate surface area is 77.5 Å². The molecule has 14 heavy (non-hydrogen) atoms. The molecule has 0 amide bonds. The quantitative estimate of drug-likeness (QED) is 0.708. The van der Waals surface area contributed by atoms with Crippen LogP contribution >= 0.6 is 0 Å². The standard InChI is InChI=1S/C8H6F3NO2/c1-14-6-2-4(8(10)11)7(9)5(3-13)12-6/h2-3,8H,1H3. The lowest BCUT2D eigenvalue weighted by molar-refractivity contribution is 0.111. The van der Waals surface area contributed by atoms with Gasteiger partial charge in [0, 0.05) is 6.07 Å². The van der Waals surface area contributed by atoms with Crippen LogP contribution in [0.3, 0.4) is 0 Å². The summed E-state index contributed by atoms with van der Waals surface area (Å²) >= 11 is 0. The summed E-state index contributed by atoms with van der Waals surface area (Å²) in [5.41, 5.74) is -1.57. The molecule has 1 heterocycles. The van der Waals surface area contributed by atoms with E-state index in [4.69, 9.17) is 0 Å². The molecule has 0 aliphatic heterocycles. The maximum Gasteiger partial charge on any atom is 0.266 e. The van der Waals surface area contributed by atoms with Gasteiger partial charge in [-0.2, -0.15) is 0 Å². The first-order valence-corrected chi connectivity index (χ1v) is 3.58. The maximum atomic E-state index is 13.0.